The van der Waals surface area contributed by atoms with E-state index < -0.39 is 33.6 Å². The fourth-order valence-electron chi connectivity index (χ4n) is 5.39. The van der Waals surface area contributed by atoms with Crippen molar-refractivity contribution < 1.29 is 35.9 Å². The summed E-state index contributed by atoms with van der Waals surface area (Å²) in [6, 6.07) is 7.35. The van der Waals surface area contributed by atoms with Crippen LogP contribution in [0.1, 0.15) is 64.5 Å². The lowest BCUT2D eigenvalue weighted by Gasteiger charge is -2.21. The Morgan fingerprint density at radius 2 is 1.77 bits per heavy atom. The minimum atomic E-state index is -4.74. The lowest BCUT2D eigenvalue weighted by Crippen LogP contribution is -2.43. The highest BCUT2D eigenvalue weighted by molar-refractivity contribution is 7.89. The van der Waals surface area contributed by atoms with Gasteiger partial charge in [0.1, 0.15) is 6.04 Å². The van der Waals surface area contributed by atoms with Crippen LogP contribution in [0, 0.1) is 11.3 Å². The molecule has 2 aromatic carbocycles. The van der Waals surface area contributed by atoms with E-state index in [1.165, 1.54) is 23.8 Å². The van der Waals surface area contributed by atoms with E-state index >= 15 is 0 Å². The summed E-state index contributed by atoms with van der Waals surface area (Å²) in [5.74, 6) is -0.273. The van der Waals surface area contributed by atoms with E-state index in [0.717, 1.165) is 43.2 Å². The van der Waals surface area contributed by atoms with Crippen molar-refractivity contribution in [1.29, 1.82) is 0 Å². The summed E-state index contributed by atoms with van der Waals surface area (Å²) >= 11 is 1.30. The summed E-state index contributed by atoms with van der Waals surface area (Å²) < 4.78 is 73.5. The van der Waals surface area contributed by atoms with Gasteiger partial charge in [0.2, 0.25) is 15.9 Å². The summed E-state index contributed by atoms with van der Waals surface area (Å²) in [4.78, 5) is 17.0. The Labute approximate surface area is 257 Å². The van der Waals surface area contributed by atoms with Crippen molar-refractivity contribution in [2.75, 3.05) is 0 Å². The van der Waals surface area contributed by atoms with Gasteiger partial charge in [0, 0.05) is 17.4 Å². The minimum absolute atomic E-state index is 0.0318. The molecule has 0 radical (unpaired) electrons. The van der Waals surface area contributed by atoms with E-state index in [4.69, 9.17) is 9.40 Å². The maximum Gasteiger partial charge on any atom is 0.404 e. The third-order valence-electron chi connectivity index (χ3n) is 7.97. The number of hydrogen-bond donors (Lipinski definition) is 2. The highest BCUT2D eigenvalue weighted by Crippen LogP contribution is 2.42. The van der Waals surface area contributed by atoms with Gasteiger partial charge in [0.05, 0.1) is 20.9 Å². The van der Waals surface area contributed by atoms with Gasteiger partial charge in [-0.3, -0.25) is 4.79 Å². The molecule has 0 aliphatic heterocycles. The first kappa shape index (κ1) is 32.0. The maximum absolute atomic E-state index is 13.2. The third kappa shape index (κ3) is 6.81. The molecule has 2 heterocycles. The molecule has 1 aliphatic carbocycles. The van der Waals surface area contributed by atoms with E-state index in [0.29, 0.717) is 28.3 Å². The number of rotatable bonds is 10. The zero-order valence-corrected chi connectivity index (χ0v) is 26.1. The summed E-state index contributed by atoms with van der Waals surface area (Å²) in [7, 11) is -4.51. The van der Waals surface area contributed by atoms with E-state index in [-0.39, 0.29) is 28.5 Å². The monoisotopic (exact) mass is 650 g/mol. The number of nitrogens with one attached hydrogen (secondary N) is 1. The zero-order valence-electron chi connectivity index (χ0n) is 24.4. The van der Waals surface area contributed by atoms with Crippen LogP contribution in [0.3, 0.4) is 0 Å². The zero-order chi connectivity index (χ0) is 31.9. The quantitative estimate of drug-likeness (QED) is 0.187. The minimum Gasteiger partial charge on any atom is -0.481 e. The molecule has 1 aliphatic rings. The number of thiazole rings is 1. The molecule has 1 atom stereocenters. The summed E-state index contributed by atoms with van der Waals surface area (Å²) in [6.45, 7) is 3.89. The SMILES string of the molecule is CC(NS(=O)(=O)c1ccc(-c2sc(-c3nnc(CC(C)(C)C(=O)O)o3)nc2CC2CCCCC2)c2ccccc12)C(F)(F)F. The molecule has 9 nitrogen and oxygen atoms in total. The van der Waals surface area contributed by atoms with Crippen LogP contribution in [0.2, 0.25) is 0 Å². The van der Waals surface area contributed by atoms with Gasteiger partial charge < -0.3 is 9.52 Å². The molecule has 44 heavy (non-hydrogen) atoms. The molecule has 2 N–H and O–H groups in total. The lowest BCUT2D eigenvalue weighted by molar-refractivity contribution is -0.147. The largest absolute Gasteiger partial charge is 0.481 e. The Balaban J connectivity index is 1.59. The Hall–Kier alpha value is -3.36. The molecular formula is C30H33F3N4O5S2. The van der Waals surface area contributed by atoms with Crippen molar-refractivity contribution in [2.24, 2.45) is 11.3 Å². The average Bonchev–Trinajstić information content (AvgIpc) is 3.59. The molecule has 1 fully saturated rings. The van der Waals surface area contributed by atoms with Gasteiger partial charge in [0.25, 0.3) is 5.89 Å². The van der Waals surface area contributed by atoms with Crippen molar-refractivity contribution in [3.63, 3.8) is 0 Å². The molecule has 0 spiro atoms. The normalized spacial score (nSPS) is 16.0. The fourth-order valence-corrected chi connectivity index (χ4v) is 7.88. The number of hydrogen-bond acceptors (Lipinski definition) is 8. The molecule has 0 amide bonds. The molecule has 1 unspecified atom stereocenters. The van der Waals surface area contributed by atoms with Crippen LogP contribution in [0.4, 0.5) is 13.2 Å². The molecular weight excluding hydrogens is 617 g/mol. The molecule has 2 aromatic heterocycles. The Bertz CT molecular complexity index is 1780. The third-order valence-corrected chi connectivity index (χ3v) is 10.7. The first-order valence-electron chi connectivity index (χ1n) is 14.3. The number of benzene rings is 2. The number of carbonyl (C=O) groups is 1. The predicted octanol–water partition coefficient (Wildman–Crippen LogP) is 7.02. The highest BCUT2D eigenvalue weighted by atomic mass is 32.2. The maximum atomic E-state index is 13.2. The van der Waals surface area contributed by atoms with E-state index in [1.54, 1.807) is 48.9 Å². The van der Waals surface area contributed by atoms with Crippen LogP contribution in [-0.4, -0.2) is 46.9 Å². The molecule has 14 heteroatoms. The van der Waals surface area contributed by atoms with Crippen LogP contribution < -0.4 is 4.72 Å². The molecule has 5 rings (SSSR count). The smallest absolute Gasteiger partial charge is 0.404 e. The van der Waals surface area contributed by atoms with Crippen molar-refractivity contribution in [3.05, 3.63) is 48.0 Å². The topological polar surface area (TPSA) is 135 Å². The second-order valence-corrected chi connectivity index (χ2v) is 14.6. The van der Waals surface area contributed by atoms with Crippen molar-refractivity contribution in [3.8, 4) is 21.3 Å². The average molecular weight is 651 g/mol. The first-order chi connectivity index (χ1) is 20.7. The van der Waals surface area contributed by atoms with Crippen LogP contribution >= 0.6 is 11.3 Å². The van der Waals surface area contributed by atoms with Gasteiger partial charge in [-0.1, -0.05) is 62.4 Å². The van der Waals surface area contributed by atoms with Gasteiger partial charge in [0.15, 0.2) is 5.01 Å². The number of carboxylic acid groups (broad SMARTS) is 1. The standard InChI is InChI=1S/C30H33F3N4O5S2/c1-17(30(31,32)33)37-44(40,41)23-14-13-21(19-11-7-8-12-20(19)23)25-22(15-18-9-5-4-6-10-18)34-27(43-25)26-36-35-24(42-26)16-29(2,3)28(38)39/h7-8,11-14,17-18,37H,4-6,9-10,15-16H2,1-3H3,(H,38,39). The first-order valence-corrected chi connectivity index (χ1v) is 16.6. The molecule has 4 aromatic rings. The second-order valence-electron chi connectivity index (χ2n) is 11.9. The van der Waals surface area contributed by atoms with Crippen LogP contribution in [0.5, 0.6) is 0 Å². The van der Waals surface area contributed by atoms with Crippen molar-refractivity contribution in [1.82, 2.24) is 19.9 Å². The number of halogens is 3. The van der Waals surface area contributed by atoms with Crippen LogP contribution in [0.15, 0.2) is 45.7 Å². The van der Waals surface area contributed by atoms with E-state index in [2.05, 4.69) is 10.2 Å². The van der Waals surface area contributed by atoms with Gasteiger partial charge in [-0.05, 0) is 44.6 Å². The van der Waals surface area contributed by atoms with Gasteiger partial charge >= 0.3 is 12.1 Å². The van der Waals surface area contributed by atoms with E-state index in [1.807, 2.05) is 0 Å². The Morgan fingerprint density at radius 1 is 1.09 bits per heavy atom. The molecule has 1 saturated carbocycles. The lowest BCUT2D eigenvalue weighted by atomic mass is 9.85. The van der Waals surface area contributed by atoms with Crippen molar-refractivity contribution in [2.45, 2.75) is 82.8 Å². The fraction of sp³-hybridized carbons (Fsp3) is 0.467. The van der Waals surface area contributed by atoms with Gasteiger partial charge in [-0.2, -0.15) is 17.9 Å². The Morgan fingerprint density at radius 3 is 2.43 bits per heavy atom. The molecule has 0 saturated heterocycles. The summed E-state index contributed by atoms with van der Waals surface area (Å²) in [5.41, 5.74) is 0.356. The second kappa shape index (κ2) is 12.2. The molecule has 236 valence electrons. The number of carboxylic acids is 1. The van der Waals surface area contributed by atoms with Crippen LogP contribution in [-0.2, 0) is 27.7 Å². The number of fused-ring (bicyclic) bond motifs is 1. The highest BCUT2D eigenvalue weighted by Gasteiger charge is 2.39. The molecule has 0 bridgehead atoms. The number of aliphatic carboxylic acids is 1. The number of aromatic nitrogens is 3. The number of nitrogens with zero attached hydrogens (tertiary/aromatic N) is 3. The Kier molecular flexibility index (Phi) is 8.89. The van der Waals surface area contributed by atoms with Crippen LogP contribution in [0.25, 0.3) is 32.1 Å². The summed E-state index contributed by atoms with van der Waals surface area (Å²) in [5, 5.41) is 18.9. The number of alkyl halides is 3. The van der Waals surface area contributed by atoms with Crippen molar-refractivity contribution >= 4 is 38.1 Å². The predicted molar refractivity (Wildman–Crippen MR) is 160 cm³/mol. The summed E-state index contributed by atoms with van der Waals surface area (Å²) in [6.07, 6.45) is 1.52. The van der Waals surface area contributed by atoms with Gasteiger partial charge in [-0.25, -0.2) is 13.4 Å². The number of sulfonamides is 1. The van der Waals surface area contributed by atoms with Gasteiger partial charge in [-0.15, -0.1) is 21.5 Å². The van der Waals surface area contributed by atoms with E-state index in [9.17, 15) is 31.5 Å².